The number of hydrogen-bond acceptors (Lipinski definition) is 4. The maximum atomic E-state index is 12.4. The van der Waals surface area contributed by atoms with Crippen LogP contribution in [0.5, 0.6) is 11.5 Å². The third-order valence-electron chi connectivity index (χ3n) is 4.19. The van der Waals surface area contributed by atoms with E-state index in [1.807, 2.05) is 13.8 Å². The highest BCUT2D eigenvalue weighted by Gasteiger charge is 2.31. The molecule has 132 valence electrons. The monoisotopic (exact) mass is 335 g/mol. The fourth-order valence-electron chi connectivity index (χ4n) is 3.00. The predicted octanol–water partition coefficient (Wildman–Crippen LogP) is 3.31. The minimum Gasteiger partial charge on any atom is -0.493 e. The Bertz CT molecular complexity index is 599. The lowest BCUT2D eigenvalue weighted by atomic mass is 9.81. The number of aliphatic carboxylic acids is 1. The minimum absolute atomic E-state index is 0.0143. The van der Waals surface area contributed by atoms with Gasteiger partial charge in [-0.1, -0.05) is 6.42 Å². The van der Waals surface area contributed by atoms with Gasteiger partial charge in [0.15, 0.2) is 11.5 Å². The molecule has 0 aliphatic heterocycles. The number of benzene rings is 1. The average molecular weight is 335 g/mol. The molecular weight excluding hydrogens is 310 g/mol. The lowest BCUT2D eigenvalue weighted by Crippen LogP contribution is -2.30. The number of nitrogens with one attached hydrogen (secondary N) is 1. The van der Waals surface area contributed by atoms with Gasteiger partial charge in [0.05, 0.1) is 19.1 Å². The second-order valence-corrected chi connectivity index (χ2v) is 6.42. The Morgan fingerprint density at radius 2 is 1.92 bits per heavy atom. The van der Waals surface area contributed by atoms with Crippen molar-refractivity contribution < 1.29 is 24.2 Å². The van der Waals surface area contributed by atoms with Crippen LogP contribution < -0.4 is 14.8 Å². The van der Waals surface area contributed by atoms with Gasteiger partial charge in [-0.15, -0.1) is 0 Å². The van der Waals surface area contributed by atoms with Crippen LogP contribution in [0.4, 0.5) is 5.69 Å². The van der Waals surface area contributed by atoms with Crippen LogP contribution in [0.3, 0.4) is 0 Å². The summed E-state index contributed by atoms with van der Waals surface area (Å²) < 4.78 is 11.0. The van der Waals surface area contributed by atoms with E-state index in [1.165, 1.54) is 0 Å². The molecule has 2 atom stereocenters. The Morgan fingerprint density at radius 1 is 1.21 bits per heavy atom. The molecule has 1 aromatic carbocycles. The molecule has 6 nitrogen and oxygen atoms in total. The lowest BCUT2D eigenvalue weighted by molar-refractivity contribution is -0.143. The summed E-state index contributed by atoms with van der Waals surface area (Å²) in [7, 11) is 1.56. The van der Waals surface area contributed by atoms with Crippen LogP contribution in [-0.2, 0) is 9.59 Å². The number of anilines is 1. The van der Waals surface area contributed by atoms with Gasteiger partial charge in [-0.3, -0.25) is 9.59 Å². The Kier molecular flexibility index (Phi) is 6.06. The minimum atomic E-state index is -0.815. The van der Waals surface area contributed by atoms with E-state index in [0.717, 1.165) is 12.8 Å². The van der Waals surface area contributed by atoms with Gasteiger partial charge < -0.3 is 19.9 Å². The first-order chi connectivity index (χ1) is 11.4. The van der Waals surface area contributed by atoms with E-state index >= 15 is 0 Å². The molecule has 1 aliphatic rings. The topological polar surface area (TPSA) is 84.9 Å². The lowest BCUT2D eigenvalue weighted by Gasteiger charge is -2.25. The summed E-state index contributed by atoms with van der Waals surface area (Å²) in [5, 5.41) is 12.0. The third-order valence-corrected chi connectivity index (χ3v) is 4.19. The highest BCUT2D eigenvalue weighted by Crippen LogP contribution is 2.33. The van der Waals surface area contributed by atoms with Crippen molar-refractivity contribution in [1.29, 1.82) is 0 Å². The Labute approximate surface area is 142 Å². The van der Waals surface area contributed by atoms with Crippen molar-refractivity contribution in [3.63, 3.8) is 0 Å². The van der Waals surface area contributed by atoms with Crippen molar-refractivity contribution >= 4 is 17.6 Å². The van der Waals surface area contributed by atoms with Gasteiger partial charge in [0.1, 0.15) is 0 Å². The molecule has 1 fully saturated rings. The summed E-state index contributed by atoms with van der Waals surface area (Å²) in [6, 6.07) is 5.23. The first-order valence-corrected chi connectivity index (χ1v) is 8.29. The summed E-state index contributed by atoms with van der Waals surface area (Å²) in [5.74, 6) is -0.476. The van der Waals surface area contributed by atoms with Crippen LogP contribution in [0.15, 0.2) is 18.2 Å². The number of amides is 1. The molecule has 1 aliphatic carbocycles. The molecule has 1 aromatic rings. The summed E-state index contributed by atoms with van der Waals surface area (Å²) in [6.07, 6.45) is 2.51. The molecule has 2 rings (SSSR count). The van der Waals surface area contributed by atoms with E-state index in [-0.39, 0.29) is 17.9 Å². The first-order valence-electron chi connectivity index (χ1n) is 8.29. The Hall–Kier alpha value is -2.24. The zero-order chi connectivity index (χ0) is 17.7. The first kappa shape index (κ1) is 18.1. The number of carboxylic acid groups (broad SMARTS) is 1. The van der Waals surface area contributed by atoms with Crippen molar-refractivity contribution in [2.45, 2.75) is 45.6 Å². The quantitative estimate of drug-likeness (QED) is 0.833. The van der Waals surface area contributed by atoms with Crippen LogP contribution in [0.2, 0.25) is 0 Å². The average Bonchev–Trinajstić information content (AvgIpc) is 2.54. The zero-order valence-electron chi connectivity index (χ0n) is 14.4. The molecule has 0 spiro atoms. The van der Waals surface area contributed by atoms with Gasteiger partial charge in [-0.2, -0.15) is 0 Å². The van der Waals surface area contributed by atoms with E-state index in [9.17, 15) is 9.59 Å². The van der Waals surface area contributed by atoms with E-state index in [1.54, 1.807) is 25.3 Å². The highest BCUT2D eigenvalue weighted by molar-refractivity contribution is 5.93. The molecule has 0 radical (unpaired) electrons. The van der Waals surface area contributed by atoms with Crippen molar-refractivity contribution in [1.82, 2.24) is 0 Å². The molecular formula is C18H25NO5. The SMILES string of the molecule is COc1ccc(NC(=O)C2CCCC(C(=O)O)C2)cc1OC(C)C. The van der Waals surface area contributed by atoms with Crippen molar-refractivity contribution in [2.75, 3.05) is 12.4 Å². The predicted molar refractivity (Wildman–Crippen MR) is 90.5 cm³/mol. The van der Waals surface area contributed by atoms with E-state index < -0.39 is 11.9 Å². The molecule has 2 unspecified atom stereocenters. The summed E-state index contributed by atoms with van der Waals surface area (Å²) in [4.78, 5) is 23.6. The van der Waals surface area contributed by atoms with Crippen LogP contribution in [-0.4, -0.2) is 30.2 Å². The van der Waals surface area contributed by atoms with Crippen molar-refractivity contribution in [2.24, 2.45) is 11.8 Å². The van der Waals surface area contributed by atoms with Crippen LogP contribution in [0.25, 0.3) is 0 Å². The van der Waals surface area contributed by atoms with E-state index in [2.05, 4.69) is 5.32 Å². The van der Waals surface area contributed by atoms with Gasteiger partial charge in [0.25, 0.3) is 0 Å². The molecule has 0 aromatic heterocycles. The normalized spacial score (nSPS) is 20.5. The number of carbonyl (C=O) groups excluding carboxylic acids is 1. The van der Waals surface area contributed by atoms with Gasteiger partial charge in [-0.25, -0.2) is 0 Å². The second kappa shape index (κ2) is 8.04. The van der Waals surface area contributed by atoms with Crippen LogP contribution in [0, 0.1) is 11.8 Å². The molecule has 2 N–H and O–H groups in total. The standard InChI is InChI=1S/C18H25NO5/c1-11(2)24-16-10-14(7-8-15(16)23-3)19-17(20)12-5-4-6-13(9-12)18(21)22/h7-8,10-13H,4-6,9H2,1-3H3,(H,19,20)(H,21,22). The van der Waals surface area contributed by atoms with Gasteiger partial charge in [-0.05, 0) is 45.2 Å². The number of ether oxygens (including phenoxy) is 2. The Balaban J connectivity index is 2.07. The Morgan fingerprint density at radius 3 is 2.54 bits per heavy atom. The zero-order valence-corrected chi connectivity index (χ0v) is 14.4. The molecule has 1 saturated carbocycles. The molecule has 0 heterocycles. The highest BCUT2D eigenvalue weighted by atomic mass is 16.5. The maximum absolute atomic E-state index is 12.4. The largest absolute Gasteiger partial charge is 0.493 e. The van der Waals surface area contributed by atoms with Crippen molar-refractivity contribution in [3.05, 3.63) is 18.2 Å². The number of methoxy groups -OCH3 is 1. The smallest absolute Gasteiger partial charge is 0.306 e. The number of hydrogen-bond donors (Lipinski definition) is 2. The van der Waals surface area contributed by atoms with E-state index in [4.69, 9.17) is 14.6 Å². The fraction of sp³-hybridized carbons (Fsp3) is 0.556. The number of rotatable bonds is 6. The van der Waals surface area contributed by atoms with Gasteiger partial charge in [0, 0.05) is 17.7 Å². The summed E-state index contributed by atoms with van der Waals surface area (Å²) >= 11 is 0. The third kappa shape index (κ3) is 4.63. The van der Waals surface area contributed by atoms with Crippen molar-refractivity contribution in [3.8, 4) is 11.5 Å². The maximum Gasteiger partial charge on any atom is 0.306 e. The van der Waals surface area contributed by atoms with Crippen LogP contribution in [0.1, 0.15) is 39.5 Å². The summed E-state index contributed by atoms with van der Waals surface area (Å²) in [5.41, 5.74) is 0.619. The van der Waals surface area contributed by atoms with E-state index in [0.29, 0.717) is 30.0 Å². The summed E-state index contributed by atoms with van der Waals surface area (Å²) in [6.45, 7) is 3.83. The van der Waals surface area contributed by atoms with Gasteiger partial charge in [0.2, 0.25) is 5.91 Å². The fourth-order valence-corrected chi connectivity index (χ4v) is 3.00. The number of carbonyl (C=O) groups is 2. The molecule has 0 bridgehead atoms. The number of carboxylic acids is 1. The second-order valence-electron chi connectivity index (χ2n) is 6.42. The van der Waals surface area contributed by atoms with Crippen LogP contribution >= 0.6 is 0 Å². The molecule has 24 heavy (non-hydrogen) atoms. The van der Waals surface area contributed by atoms with Gasteiger partial charge >= 0.3 is 5.97 Å². The molecule has 1 amide bonds. The molecule has 6 heteroatoms. The molecule has 0 saturated heterocycles.